The van der Waals surface area contributed by atoms with E-state index in [1.54, 1.807) is 12.1 Å². The molecule has 0 bridgehead atoms. The molecular formula is C10H11N3O5. The molecule has 0 spiro atoms. The summed E-state index contributed by atoms with van der Waals surface area (Å²) < 4.78 is 0. The molecule has 0 saturated carbocycles. The van der Waals surface area contributed by atoms with E-state index in [1.807, 2.05) is 5.32 Å². The molecule has 0 aliphatic rings. The minimum atomic E-state index is -1.49. The number of carbonyl (C=O) groups is 3. The Labute approximate surface area is 102 Å². The van der Waals surface area contributed by atoms with Crippen LogP contribution in [0.3, 0.4) is 0 Å². The molecule has 0 radical (unpaired) electrons. The summed E-state index contributed by atoms with van der Waals surface area (Å²) >= 11 is 0. The van der Waals surface area contributed by atoms with Gasteiger partial charge in [-0.05, 0) is 12.1 Å². The molecule has 96 valence electrons. The summed E-state index contributed by atoms with van der Waals surface area (Å²) in [6.45, 7) is 0. The SMILES string of the molecule is O=C(O)C[C@@H](NC(=O)Nc1cccnc1)C(=O)O. The molecule has 1 atom stereocenters. The number of carboxylic acid groups (broad SMARTS) is 2. The minimum Gasteiger partial charge on any atom is -0.481 e. The summed E-state index contributed by atoms with van der Waals surface area (Å²) in [4.78, 5) is 36.3. The summed E-state index contributed by atoms with van der Waals surface area (Å²) in [6.07, 6.45) is 2.18. The fourth-order valence-electron chi connectivity index (χ4n) is 1.14. The topological polar surface area (TPSA) is 129 Å². The minimum absolute atomic E-state index is 0.370. The van der Waals surface area contributed by atoms with Gasteiger partial charge in [0.25, 0.3) is 0 Å². The average molecular weight is 253 g/mol. The van der Waals surface area contributed by atoms with Crippen LogP contribution in [0.25, 0.3) is 0 Å². The predicted molar refractivity (Wildman–Crippen MR) is 60.1 cm³/mol. The smallest absolute Gasteiger partial charge is 0.326 e. The summed E-state index contributed by atoms with van der Waals surface area (Å²) in [5, 5.41) is 21.6. The molecule has 2 amide bonds. The highest BCUT2D eigenvalue weighted by Gasteiger charge is 2.22. The number of carbonyl (C=O) groups excluding carboxylic acids is 1. The fourth-order valence-corrected chi connectivity index (χ4v) is 1.14. The van der Waals surface area contributed by atoms with Crippen molar-refractivity contribution in [3.63, 3.8) is 0 Å². The van der Waals surface area contributed by atoms with Gasteiger partial charge in [0.15, 0.2) is 0 Å². The number of amides is 2. The van der Waals surface area contributed by atoms with Crippen molar-refractivity contribution >= 4 is 23.7 Å². The molecule has 0 aliphatic heterocycles. The van der Waals surface area contributed by atoms with Crippen molar-refractivity contribution in [1.29, 1.82) is 0 Å². The van der Waals surface area contributed by atoms with Gasteiger partial charge in [-0.1, -0.05) is 0 Å². The molecule has 0 unspecified atom stereocenters. The van der Waals surface area contributed by atoms with Crippen molar-refractivity contribution in [2.24, 2.45) is 0 Å². The largest absolute Gasteiger partial charge is 0.481 e. The van der Waals surface area contributed by atoms with Crippen molar-refractivity contribution < 1.29 is 24.6 Å². The lowest BCUT2D eigenvalue weighted by atomic mass is 10.2. The van der Waals surface area contributed by atoms with Gasteiger partial charge in [0.1, 0.15) is 6.04 Å². The molecule has 0 aromatic carbocycles. The number of nitrogens with one attached hydrogen (secondary N) is 2. The van der Waals surface area contributed by atoms with Crippen LogP contribution in [0.15, 0.2) is 24.5 Å². The van der Waals surface area contributed by atoms with Gasteiger partial charge < -0.3 is 20.8 Å². The maximum absolute atomic E-state index is 11.4. The van der Waals surface area contributed by atoms with Gasteiger partial charge >= 0.3 is 18.0 Å². The number of hydrogen-bond acceptors (Lipinski definition) is 4. The maximum atomic E-state index is 11.4. The first-order valence-electron chi connectivity index (χ1n) is 4.91. The zero-order valence-electron chi connectivity index (χ0n) is 9.16. The van der Waals surface area contributed by atoms with Gasteiger partial charge in [0.2, 0.25) is 0 Å². The zero-order chi connectivity index (χ0) is 13.5. The number of urea groups is 1. The van der Waals surface area contributed by atoms with Gasteiger partial charge in [-0.2, -0.15) is 0 Å². The first kappa shape index (κ1) is 13.4. The highest BCUT2D eigenvalue weighted by Crippen LogP contribution is 2.02. The number of anilines is 1. The number of aromatic nitrogens is 1. The van der Waals surface area contributed by atoms with Gasteiger partial charge in [-0.15, -0.1) is 0 Å². The number of aliphatic carboxylic acids is 2. The van der Waals surface area contributed by atoms with Crippen LogP contribution in [0.5, 0.6) is 0 Å². The second kappa shape index (κ2) is 6.18. The van der Waals surface area contributed by atoms with E-state index in [4.69, 9.17) is 10.2 Å². The highest BCUT2D eigenvalue weighted by molar-refractivity contribution is 5.93. The van der Waals surface area contributed by atoms with Crippen LogP contribution in [0.2, 0.25) is 0 Å². The lowest BCUT2D eigenvalue weighted by Crippen LogP contribution is -2.44. The van der Waals surface area contributed by atoms with Gasteiger partial charge in [-0.25, -0.2) is 9.59 Å². The van der Waals surface area contributed by atoms with Gasteiger partial charge in [-0.3, -0.25) is 9.78 Å². The number of rotatable bonds is 5. The van der Waals surface area contributed by atoms with E-state index in [0.717, 1.165) is 0 Å². The van der Waals surface area contributed by atoms with E-state index in [2.05, 4.69) is 10.3 Å². The third kappa shape index (κ3) is 4.47. The van der Waals surface area contributed by atoms with Crippen molar-refractivity contribution in [3.05, 3.63) is 24.5 Å². The molecule has 8 heteroatoms. The van der Waals surface area contributed by atoms with Crippen LogP contribution in [0.4, 0.5) is 10.5 Å². The van der Waals surface area contributed by atoms with E-state index in [1.165, 1.54) is 12.4 Å². The Morgan fingerprint density at radius 1 is 1.33 bits per heavy atom. The Kier molecular flexibility index (Phi) is 4.61. The third-order valence-corrected chi connectivity index (χ3v) is 1.90. The Balaban J connectivity index is 2.56. The van der Waals surface area contributed by atoms with Crippen LogP contribution >= 0.6 is 0 Å². The Morgan fingerprint density at radius 3 is 2.56 bits per heavy atom. The third-order valence-electron chi connectivity index (χ3n) is 1.90. The molecule has 0 aliphatic carbocycles. The molecule has 0 fully saturated rings. The van der Waals surface area contributed by atoms with E-state index >= 15 is 0 Å². The van der Waals surface area contributed by atoms with Gasteiger partial charge in [0, 0.05) is 6.20 Å². The van der Waals surface area contributed by atoms with Crippen molar-refractivity contribution in [3.8, 4) is 0 Å². The Bertz CT molecular complexity index is 448. The molecular weight excluding hydrogens is 242 g/mol. The Hall–Kier alpha value is -2.64. The van der Waals surface area contributed by atoms with Crippen LogP contribution in [-0.2, 0) is 9.59 Å². The van der Waals surface area contributed by atoms with Crippen molar-refractivity contribution in [1.82, 2.24) is 10.3 Å². The fraction of sp³-hybridized carbons (Fsp3) is 0.200. The molecule has 0 saturated heterocycles. The van der Waals surface area contributed by atoms with Crippen LogP contribution in [0.1, 0.15) is 6.42 Å². The van der Waals surface area contributed by atoms with E-state index in [9.17, 15) is 14.4 Å². The zero-order valence-corrected chi connectivity index (χ0v) is 9.16. The van der Waals surface area contributed by atoms with Crippen molar-refractivity contribution in [2.45, 2.75) is 12.5 Å². The Morgan fingerprint density at radius 2 is 2.06 bits per heavy atom. The number of pyridine rings is 1. The molecule has 18 heavy (non-hydrogen) atoms. The molecule has 1 heterocycles. The van der Waals surface area contributed by atoms with Crippen LogP contribution in [0, 0.1) is 0 Å². The average Bonchev–Trinajstić information content (AvgIpc) is 2.28. The first-order valence-corrected chi connectivity index (χ1v) is 4.91. The molecule has 4 N–H and O–H groups in total. The summed E-state index contributed by atoms with van der Waals surface area (Å²) in [5.74, 6) is -2.73. The van der Waals surface area contributed by atoms with Crippen LogP contribution in [-0.4, -0.2) is 39.2 Å². The normalized spacial score (nSPS) is 11.3. The number of hydrogen-bond donors (Lipinski definition) is 4. The highest BCUT2D eigenvalue weighted by atomic mass is 16.4. The lowest BCUT2D eigenvalue weighted by Gasteiger charge is -2.12. The second-order valence-corrected chi connectivity index (χ2v) is 3.33. The maximum Gasteiger partial charge on any atom is 0.326 e. The van der Waals surface area contributed by atoms with Gasteiger partial charge in [0.05, 0.1) is 18.3 Å². The van der Waals surface area contributed by atoms with E-state index in [-0.39, 0.29) is 0 Å². The summed E-state index contributed by atoms with van der Waals surface area (Å²) in [5.41, 5.74) is 0.370. The van der Waals surface area contributed by atoms with Crippen molar-refractivity contribution in [2.75, 3.05) is 5.32 Å². The summed E-state index contributed by atoms with van der Waals surface area (Å²) in [6, 6.07) is 0.844. The number of nitrogens with zero attached hydrogens (tertiary/aromatic N) is 1. The van der Waals surface area contributed by atoms with E-state index in [0.29, 0.717) is 5.69 Å². The standard InChI is InChI=1S/C10H11N3O5/c14-8(15)4-7(9(16)17)13-10(18)12-6-2-1-3-11-5-6/h1-3,5,7H,4H2,(H,14,15)(H,16,17)(H2,12,13,18)/t7-/m1/s1. The molecule has 1 rings (SSSR count). The monoisotopic (exact) mass is 253 g/mol. The second-order valence-electron chi connectivity index (χ2n) is 3.33. The lowest BCUT2D eigenvalue weighted by molar-refractivity contribution is -0.145. The molecule has 8 nitrogen and oxygen atoms in total. The first-order chi connectivity index (χ1) is 8.49. The predicted octanol–water partition coefficient (Wildman–Crippen LogP) is 0.131. The number of carboxylic acids is 2. The van der Waals surface area contributed by atoms with E-state index < -0.39 is 30.4 Å². The summed E-state index contributed by atoms with van der Waals surface area (Å²) in [7, 11) is 0. The van der Waals surface area contributed by atoms with Crippen LogP contribution < -0.4 is 10.6 Å². The quantitative estimate of drug-likeness (QED) is 0.590. The molecule has 1 aromatic heterocycles. The molecule has 1 aromatic rings.